The molecule has 0 saturated carbocycles. The van der Waals surface area contributed by atoms with Gasteiger partial charge in [0.25, 0.3) is 0 Å². The van der Waals surface area contributed by atoms with Gasteiger partial charge in [0.1, 0.15) is 5.75 Å². The molecule has 4 heteroatoms. The first kappa shape index (κ1) is 18.0. The van der Waals surface area contributed by atoms with Gasteiger partial charge in [-0.1, -0.05) is 22.9 Å². The lowest BCUT2D eigenvalue weighted by atomic mass is 9.89. The van der Waals surface area contributed by atoms with Crippen LogP contribution < -0.4 is 10.1 Å². The monoisotopic (exact) mass is 352 g/mol. The third-order valence-corrected chi connectivity index (χ3v) is 3.84. The summed E-state index contributed by atoms with van der Waals surface area (Å²) < 4.78 is 6.96. The number of benzene rings is 1. The predicted octanol–water partition coefficient (Wildman–Crippen LogP) is 4.66. The topological polar surface area (TPSA) is 45.0 Å². The van der Waals surface area contributed by atoms with Crippen molar-refractivity contribution in [3.8, 4) is 11.8 Å². The van der Waals surface area contributed by atoms with Crippen LogP contribution in [0.5, 0.6) is 5.75 Å². The first-order valence-electron chi connectivity index (χ1n) is 7.51. The predicted molar refractivity (Wildman–Crippen MR) is 90.3 cm³/mol. The molecule has 1 aromatic rings. The third-order valence-electron chi connectivity index (χ3n) is 3.34. The van der Waals surface area contributed by atoms with Gasteiger partial charge in [0.15, 0.2) is 0 Å². The Balaban J connectivity index is 2.43. The van der Waals surface area contributed by atoms with E-state index in [4.69, 9.17) is 10.00 Å². The lowest BCUT2D eigenvalue weighted by Gasteiger charge is -2.15. The quantitative estimate of drug-likeness (QED) is 0.657. The number of halogens is 1. The SMILES string of the molecule is CCNCc1cc(Br)ccc1OCCCCC(C)(C)C#N. The Hall–Kier alpha value is -1.05. The van der Waals surface area contributed by atoms with E-state index in [1.54, 1.807) is 0 Å². The van der Waals surface area contributed by atoms with Crippen LogP contribution in [-0.2, 0) is 6.54 Å². The van der Waals surface area contributed by atoms with E-state index in [1.807, 2.05) is 26.0 Å². The normalized spacial score (nSPS) is 11.2. The second-order valence-electron chi connectivity index (χ2n) is 5.83. The van der Waals surface area contributed by atoms with Crippen LogP contribution in [0.4, 0.5) is 0 Å². The van der Waals surface area contributed by atoms with Crippen molar-refractivity contribution >= 4 is 15.9 Å². The van der Waals surface area contributed by atoms with Crippen molar-refractivity contribution in [1.29, 1.82) is 5.26 Å². The van der Waals surface area contributed by atoms with E-state index in [0.717, 1.165) is 42.6 Å². The van der Waals surface area contributed by atoms with Gasteiger partial charge in [-0.25, -0.2) is 0 Å². The zero-order valence-electron chi connectivity index (χ0n) is 13.2. The Bertz CT molecular complexity index is 480. The molecule has 0 unspecified atom stereocenters. The Morgan fingerprint density at radius 1 is 1.33 bits per heavy atom. The van der Waals surface area contributed by atoms with Crippen LogP contribution in [0, 0.1) is 16.7 Å². The van der Waals surface area contributed by atoms with Crippen molar-refractivity contribution in [1.82, 2.24) is 5.32 Å². The Kier molecular flexibility index (Phi) is 7.77. The van der Waals surface area contributed by atoms with Crippen molar-refractivity contribution < 1.29 is 4.74 Å². The number of unbranched alkanes of at least 4 members (excludes halogenated alkanes) is 1. The second-order valence-corrected chi connectivity index (χ2v) is 6.75. The molecule has 0 aromatic heterocycles. The van der Waals surface area contributed by atoms with Crippen molar-refractivity contribution in [3.05, 3.63) is 28.2 Å². The van der Waals surface area contributed by atoms with Gasteiger partial charge in [-0.3, -0.25) is 0 Å². The molecule has 0 aliphatic heterocycles. The van der Waals surface area contributed by atoms with Crippen LogP contribution in [0.1, 0.15) is 45.6 Å². The van der Waals surface area contributed by atoms with Crippen molar-refractivity contribution in [2.45, 2.75) is 46.6 Å². The number of hydrogen-bond acceptors (Lipinski definition) is 3. The number of hydrogen-bond donors (Lipinski definition) is 1. The van der Waals surface area contributed by atoms with Crippen LogP contribution in [0.25, 0.3) is 0 Å². The lowest BCUT2D eigenvalue weighted by molar-refractivity contribution is 0.292. The minimum Gasteiger partial charge on any atom is -0.493 e. The average molecular weight is 353 g/mol. The van der Waals surface area contributed by atoms with Crippen LogP contribution in [0.3, 0.4) is 0 Å². The van der Waals surface area contributed by atoms with Crippen LogP contribution >= 0.6 is 15.9 Å². The molecule has 0 fully saturated rings. The van der Waals surface area contributed by atoms with E-state index in [9.17, 15) is 0 Å². The molecule has 3 nitrogen and oxygen atoms in total. The number of nitrogens with one attached hydrogen (secondary N) is 1. The van der Waals surface area contributed by atoms with E-state index in [0.29, 0.717) is 6.61 Å². The van der Waals surface area contributed by atoms with Gasteiger partial charge in [-0.2, -0.15) is 5.26 Å². The van der Waals surface area contributed by atoms with E-state index in [2.05, 4.69) is 40.3 Å². The maximum atomic E-state index is 8.98. The largest absolute Gasteiger partial charge is 0.493 e. The van der Waals surface area contributed by atoms with Crippen LogP contribution in [0.15, 0.2) is 22.7 Å². The van der Waals surface area contributed by atoms with Crippen LogP contribution in [-0.4, -0.2) is 13.2 Å². The van der Waals surface area contributed by atoms with Crippen molar-refractivity contribution in [2.24, 2.45) is 5.41 Å². The summed E-state index contributed by atoms with van der Waals surface area (Å²) in [6.45, 7) is 8.51. The van der Waals surface area contributed by atoms with Crippen molar-refractivity contribution in [2.75, 3.05) is 13.2 Å². The highest BCUT2D eigenvalue weighted by Crippen LogP contribution is 2.24. The average Bonchev–Trinajstić information content (AvgIpc) is 2.46. The summed E-state index contributed by atoms with van der Waals surface area (Å²) in [7, 11) is 0. The number of rotatable bonds is 9. The summed E-state index contributed by atoms with van der Waals surface area (Å²) >= 11 is 3.50. The molecule has 1 N–H and O–H groups in total. The fraction of sp³-hybridized carbons (Fsp3) is 0.588. The first-order valence-corrected chi connectivity index (χ1v) is 8.31. The molecule has 0 aliphatic carbocycles. The molecule has 0 atom stereocenters. The highest BCUT2D eigenvalue weighted by atomic mass is 79.9. The molecule has 0 amide bonds. The highest BCUT2D eigenvalue weighted by molar-refractivity contribution is 9.10. The Labute approximate surface area is 136 Å². The summed E-state index contributed by atoms with van der Waals surface area (Å²) in [6, 6.07) is 8.44. The molecule has 0 spiro atoms. The minimum atomic E-state index is -0.228. The molecular weight excluding hydrogens is 328 g/mol. The Morgan fingerprint density at radius 3 is 2.76 bits per heavy atom. The highest BCUT2D eigenvalue weighted by Gasteiger charge is 2.15. The summed E-state index contributed by atoms with van der Waals surface area (Å²) in [6.07, 6.45) is 2.90. The number of nitriles is 1. The van der Waals surface area contributed by atoms with Gasteiger partial charge in [0.2, 0.25) is 0 Å². The molecule has 0 radical (unpaired) electrons. The molecular formula is C17H25BrN2O. The van der Waals surface area contributed by atoms with Gasteiger partial charge in [0.05, 0.1) is 18.1 Å². The van der Waals surface area contributed by atoms with E-state index < -0.39 is 0 Å². The molecule has 0 bridgehead atoms. The smallest absolute Gasteiger partial charge is 0.123 e. The van der Waals surface area contributed by atoms with Gasteiger partial charge in [-0.15, -0.1) is 0 Å². The maximum Gasteiger partial charge on any atom is 0.123 e. The zero-order chi connectivity index (χ0) is 15.7. The standard InChI is InChI=1S/C17H25BrN2O/c1-4-20-12-14-11-15(18)7-8-16(14)21-10-6-5-9-17(2,3)13-19/h7-8,11,20H,4-6,9-10,12H2,1-3H3. The second kappa shape index (κ2) is 9.07. The minimum absolute atomic E-state index is 0.228. The Morgan fingerprint density at radius 2 is 2.10 bits per heavy atom. The number of ether oxygens (including phenoxy) is 1. The van der Waals surface area contributed by atoms with Gasteiger partial charge >= 0.3 is 0 Å². The summed E-state index contributed by atoms with van der Waals surface area (Å²) in [5, 5.41) is 12.3. The lowest BCUT2D eigenvalue weighted by Crippen LogP contribution is -2.13. The molecule has 1 aromatic carbocycles. The van der Waals surface area contributed by atoms with Crippen LogP contribution in [0.2, 0.25) is 0 Å². The molecule has 1 rings (SSSR count). The number of nitrogens with zero attached hydrogens (tertiary/aromatic N) is 1. The molecule has 21 heavy (non-hydrogen) atoms. The van der Waals surface area contributed by atoms with Crippen molar-refractivity contribution in [3.63, 3.8) is 0 Å². The summed E-state index contributed by atoms with van der Waals surface area (Å²) in [4.78, 5) is 0. The van der Waals surface area contributed by atoms with Gasteiger partial charge in [0, 0.05) is 16.6 Å². The fourth-order valence-corrected chi connectivity index (χ4v) is 2.40. The molecule has 0 aliphatic rings. The fourth-order valence-electron chi connectivity index (χ4n) is 1.99. The summed E-state index contributed by atoms with van der Waals surface area (Å²) in [5.74, 6) is 0.943. The first-order chi connectivity index (χ1) is 9.98. The van der Waals surface area contributed by atoms with E-state index in [1.165, 1.54) is 5.56 Å². The van der Waals surface area contributed by atoms with Gasteiger partial charge < -0.3 is 10.1 Å². The van der Waals surface area contributed by atoms with Gasteiger partial charge in [-0.05, 0) is 57.9 Å². The summed E-state index contributed by atoms with van der Waals surface area (Å²) in [5.41, 5.74) is 0.942. The maximum absolute atomic E-state index is 8.98. The van der Waals surface area contributed by atoms with E-state index in [-0.39, 0.29) is 5.41 Å². The molecule has 0 heterocycles. The third kappa shape index (κ3) is 6.97. The molecule has 0 saturated heterocycles. The molecule has 116 valence electrons. The zero-order valence-corrected chi connectivity index (χ0v) is 14.8. The van der Waals surface area contributed by atoms with E-state index >= 15 is 0 Å².